The van der Waals surface area contributed by atoms with Gasteiger partial charge in [-0.2, -0.15) is 0 Å². The van der Waals surface area contributed by atoms with E-state index in [1.165, 1.54) is 49.4 Å². The molecule has 3 heteroatoms. The van der Waals surface area contributed by atoms with Crippen LogP contribution in [0.5, 0.6) is 0 Å². The second kappa shape index (κ2) is 8.92. The smallest absolute Gasteiger partial charge is 0.145 e. The minimum atomic E-state index is 0.942. The summed E-state index contributed by atoms with van der Waals surface area (Å²) in [6.45, 7) is 0. The monoisotopic (exact) mass is 535 g/mol. The summed E-state index contributed by atoms with van der Waals surface area (Å²) in [4.78, 5) is 5.12. The van der Waals surface area contributed by atoms with Gasteiger partial charge in [0.25, 0.3) is 0 Å². The number of para-hydroxylation sites is 4. The predicted octanol–water partition coefficient (Wildman–Crippen LogP) is 10.0. The summed E-state index contributed by atoms with van der Waals surface area (Å²) >= 11 is 0. The zero-order chi connectivity index (χ0) is 27.6. The normalized spacial score (nSPS) is 11.8. The van der Waals surface area contributed by atoms with Crippen molar-refractivity contribution in [3.05, 3.63) is 152 Å². The van der Waals surface area contributed by atoms with Crippen LogP contribution < -0.4 is 0 Å². The van der Waals surface area contributed by atoms with E-state index in [4.69, 9.17) is 4.98 Å². The Morgan fingerprint density at radius 1 is 0.429 bits per heavy atom. The molecule has 0 bridgehead atoms. The lowest BCUT2D eigenvalue weighted by atomic mass is 9.94. The molecule has 7 aromatic carbocycles. The molecule has 0 fully saturated rings. The van der Waals surface area contributed by atoms with E-state index >= 15 is 0 Å². The van der Waals surface area contributed by atoms with Gasteiger partial charge in [0.15, 0.2) is 0 Å². The SMILES string of the molecule is c1ccc(-n2c(-c3cccc(-c4ccc5c6c4ccc4cccc(c46)n5-c4ccccc4)c3)nc3ccccc32)cc1. The van der Waals surface area contributed by atoms with Crippen LogP contribution in [0, 0.1) is 0 Å². The van der Waals surface area contributed by atoms with Crippen molar-refractivity contribution >= 4 is 43.6 Å². The average Bonchev–Trinajstić information content (AvgIpc) is 3.62. The molecule has 0 saturated heterocycles. The van der Waals surface area contributed by atoms with Gasteiger partial charge in [-0.05, 0) is 76.5 Å². The Hall–Kier alpha value is -5.67. The number of rotatable bonds is 4. The molecule has 0 aliphatic rings. The number of imidazole rings is 1. The van der Waals surface area contributed by atoms with Crippen LogP contribution in [0.3, 0.4) is 0 Å². The fraction of sp³-hybridized carbons (Fsp3) is 0. The lowest BCUT2D eigenvalue weighted by Gasteiger charge is -2.12. The van der Waals surface area contributed by atoms with Gasteiger partial charge in [-0.1, -0.05) is 97.1 Å². The highest BCUT2D eigenvalue weighted by molar-refractivity contribution is 6.26. The van der Waals surface area contributed by atoms with E-state index in [-0.39, 0.29) is 0 Å². The van der Waals surface area contributed by atoms with Crippen LogP contribution in [0.2, 0.25) is 0 Å². The maximum atomic E-state index is 5.12. The van der Waals surface area contributed by atoms with E-state index in [0.717, 1.165) is 28.1 Å². The van der Waals surface area contributed by atoms with E-state index in [9.17, 15) is 0 Å². The van der Waals surface area contributed by atoms with E-state index in [1.807, 2.05) is 0 Å². The van der Waals surface area contributed by atoms with Crippen LogP contribution in [-0.4, -0.2) is 14.1 Å². The quantitative estimate of drug-likeness (QED) is 0.206. The molecule has 42 heavy (non-hydrogen) atoms. The van der Waals surface area contributed by atoms with Crippen LogP contribution in [0.1, 0.15) is 0 Å². The van der Waals surface area contributed by atoms with Crippen molar-refractivity contribution in [2.45, 2.75) is 0 Å². The Bertz CT molecular complexity index is 2390. The first kappa shape index (κ1) is 23.1. The summed E-state index contributed by atoms with van der Waals surface area (Å²) < 4.78 is 4.66. The van der Waals surface area contributed by atoms with E-state index in [0.29, 0.717) is 0 Å². The molecule has 3 nitrogen and oxygen atoms in total. The van der Waals surface area contributed by atoms with E-state index in [2.05, 4.69) is 161 Å². The molecule has 0 spiro atoms. The van der Waals surface area contributed by atoms with Crippen LogP contribution in [0.25, 0.3) is 77.5 Å². The van der Waals surface area contributed by atoms with Gasteiger partial charge in [-0.3, -0.25) is 4.57 Å². The van der Waals surface area contributed by atoms with Gasteiger partial charge in [0.05, 0.1) is 22.1 Å². The highest BCUT2D eigenvalue weighted by Gasteiger charge is 2.20. The standard InChI is InChI=1S/C39H25N3/c1-3-14-29(15-4-1)41-35-20-10-11-26-21-22-32-31(23-24-36(41)38(32)37(26)35)27-12-9-13-28(25-27)39-40-33-18-7-8-19-34(33)42(39)30-16-5-2-6-17-30/h1-25H. The number of nitrogens with zero attached hydrogens (tertiary/aromatic N) is 3. The summed E-state index contributed by atoms with van der Waals surface area (Å²) in [7, 11) is 0. The van der Waals surface area contributed by atoms with Crippen molar-refractivity contribution in [2.75, 3.05) is 0 Å². The van der Waals surface area contributed by atoms with Crippen LogP contribution in [-0.2, 0) is 0 Å². The Morgan fingerprint density at radius 3 is 1.93 bits per heavy atom. The highest BCUT2D eigenvalue weighted by Crippen LogP contribution is 2.43. The van der Waals surface area contributed by atoms with Crippen molar-refractivity contribution in [1.29, 1.82) is 0 Å². The Morgan fingerprint density at radius 2 is 1.10 bits per heavy atom. The predicted molar refractivity (Wildman–Crippen MR) is 175 cm³/mol. The molecular formula is C39H25N3. The summed E-state index contributed by atoms with van der Waals surface area (Å²) in [5.74, 6) is 0.942. The summed E-state index contributed by atoms with van der Waals surface area (Å²) in [5, 5.41) is 5.16. The van der Waals surface area contributed by atoms with Crippen molar-refractivity contribution in [3.8, 4) is 33.9 Å². The summed E-state index contributed by atoms with van der Waals surface area (Å²) in [6, 6.07) is 54.1. The van der Waals surface area contributed by atoms with Gasteiger partial charge in [-0.25, -0.2) is 4.98 Å². The number of aromatic nitrogens is 3. The van der Waals surface area contributed by atoms with Gasteiger partial charge in [0, 0.05) is 27.7 Å². The fourth-order valence-corrected chi connectivity index (χ4v) is 6.68. The molecule has 0 atom stereocenters. The molecule has 0 radical (unpaired) electrons. The van der Waals surface area contributed by atoms with Crippen molar-refractivity contribution < 1.29 is 0 Å². The topological polar surface area (TPSA) is 22.8 Å². The maximum absolute atomic E-state index is 5.12. The molecule has 2 aromatic heterocycles. The number of hydrogen-bond acceptors (Lipinski definition) is 1. The second-order valence-corrected chi connectivity index (χ2v) is 10.8. The minimum Gasteiger partial charge on any atom is -0.309 e. The second-order valence-electron chi connectivity index (χ2n) is 10.8. The third-order valence-corrected chi connectivity index (χ3v) is 8.48. The fourth-order valence-electron chi connectivity index (χ4n) is 6.68. The Labute approximate surface area is 242 Å². The van der Waals surface area contributed by atoms with Crippen molar-refractivity contribution in [1.82, 2.24) is 14.1 Å². The van der Waals surface area contributed by atoms with Crippen molar-refractivity contribution in [2.24, 2.45) is 0 Å². The zero-order valence-electron chi connectivity index (χ0n) is 22.8. The molecule has 2 heterocycles. The average molecular weight is 536 g/mol. The molecule has 0 aliphatic heterocycles. The summed E-state index contributed by atoms with van der Waals surface area (Å²) in [5.41, 5.74) is 10.3. The number of benzene rings is 7. The molecule has 9 aromatic rings. The van der Waals surface area contributed by atoms with Crippen LogP contribution in [0.15, 0.2) is 152 Å². The first-order chi connectivity index (χ1) is 20.8. The van der Waals surface area contributed by atoms with Crippen LogP contribution >= 0.6 is 0 Å². The molecule has 0 aliphatic carbocycles. The zero-order valence-corrected chi connectivity index (χ0v) is 22.8. The molecule has 0 amide bonds. The number of hydrogen-bond donors (Lipinski definition) is 0. The Kier molecular flexibility index (Phi) is 4.90. The lowest BCUT2D eigenvalue weighted by Crippen LogP contribution is -1.97. The van der Waals surface area contributed by atoms with Gasteiger partial charge in [0.1, 0.15) is 5.82 Å². The van der Waals surface area contributed by atoms with Gasteiger partial charge in [0.2, 0.25) is 0 Å². The van der Waals surface area contributed by atoms with Gasteiger partial charge in [-0.15, -0.1) is 0 Å². The first-order valence-corrected chi connectivity index (χ1v) is 14.3. The molecule has 0 saturated carbocycles. The summed E-state index contributed by atoms with van der Waals surface area (Å²) in [6.07, 6.45) is 0. The largest absolute Gasteiger partial charge is 0.309 e. The molecule has 196 valence electrons. The number of fused-ring (bicyclic) bond motifs is 1. The molecule has 9 rings (SSSR count). The molecule has 0 N–H and O–H groups in total. The van der Waals surface area contributed by atoms with Gasteiger partial charge >= 0.3 is 0 Å². The first-order valence-electron chi connectivity index (χ1n) is 14.3. The third kappa shape index (κ3) is 3.31. The van der Waals surface area contributed by atoms with Crippen LogP contribution in [0.4, 0.5) is 0 Å². The Balaban J connectivity index is 1.28. The minimum absolute atomic E-state index is 0.942. The van der Waals surface area contributed by atoms with Gasteiger partial charge < -0.3 is 4.57 Å². The molecular weight excluding hydrogens is 510 g/mol. The lowest BCUT2D eigenvalue weighted by molar-refractivity contribution is 1.10. The van der Waals surface area contributed by atoms with Crippen molar-refractivity contribution in [3.63, 3.8) is 0 Å². The van der Waals surface area contributed by atoms with E-state index in [1.54, 1.807) is 0 Å². The molecule has 0 unspecified atom stereocenters. The van der Waals surface area contributed by atoms with E-state index < -0.39 is 0 Å². The maximum Gasteiger partial charge on any atom is 0.145 e. The highest BCUT2D eigenvalue weighted by atomic mass is 15.1. The third-order valence-electron chi connectivity index (χ3n) is 8.48.